The van der Waals surface area contributed by atoms with Gasteiger partial charge in [0.1, 0.15) is 0 Å². The van der Waals surface area contributed by atoms with Crippen molar-refractivity contribution in [2.24, 2.45) is 10.9 Å². The van der Waals surface area contributed by atoms with E-state index in [0.29, 0.717) is 18.0 Å². The first-order chi connectivity index (χ1) is 10.4. The van der Waals surface area contributed by atoms with Crippen LogP contribution in [0.4, 0.5) is 0 Å². The molecule has 0 saturated carbocycles. The highest BCUT2D eigenvalue weighted by molar-refractivity contribution is 14.0. The number of guanidine groups is 1. The Balaban J connectivity index is 0.00000484. The quantitative estimate of drug-likeness (QED) is 0.413. The first-order valence-corrected chi connectivity index (χ1v) is 7.76. The highest BCUT2D eigenvalue weighted by Gasteiger charge is 2.07. The zero-order valence-corrected chi connectivity index (χ0v) is 17.0. The molecule has 0 spiro atoms. The summed E-state index contributed by atoms with van der Waals surface area (Å²) in [5.41, 5.74) is 1.78. The largest absolute Gasteiger partial charge is 0.357 e. The molecule has 5 nitrogen and oxygen atoms in total. The van der Waals surface area contributed by atoms with E-state index in [1.807, 2.05) is 31.2 Å². The zero-order valence-electron chi connectivity index (χ0n) is 14.7. The van der Waals surface area contributed by atoms with Gasteiger partial charge in [0.25, 0.3) is 5.91 Å². The third-order valence-electron chi connectivity index (χ3n) is 3.05. The molecule has 0 aliphatic heterocycles. The second kappa shape index (κ2) is 11.3. The maximum atomic E-state index is 11.8. The summed E-state index contributed by atoms with van der Waals surface area (Å²) in [5.74, 6) is 1.41. The lowest BCUT2D eigenvalue weighted by Crippen LogP contribution is -2.39. The number of carbonyl (C=O) groups excluding carboxylic acids is 1. The molecule has 1 rings (SSSR count). The summed E-state index contributed by atoms with van der Waals surface area (Å²) in [6.07, 6.45) is 0. The maximum absolute atomic E-state index is 11.8. The van der Waals surface area contributed by atoms with Crippen LogP contribution in [-0.4, -0.2) is 44.0 Å². The molecular formula is C17H29IN4O. The van der Waals surface area contributed by atoms with Crippen molar-refractivity contribution in [1.29, 1.82) is 0 Å². The number of halogens is 1. The van der Waals surface area contributed by atoms with Gasteiger partial charge in [-0.1, -0.05) is 26.0 Å². The molecular weight excluding hydrogens is 403 g/mol. The van der Waals surface area contributed by atoms with E-state index in [-0.39, 0.29) is 29.9 Å². The van der Waals surface area contributed by atoms with Crippen molar-refractivity contribution in [2.45, 2.75) is 27.3 Å². The molecule has 0 saturated heterocycles. The van der Waals surface area contributed by atoms with Crippen LogP contribution in [0.15, 0.2) is 29.3 Å². The second-order valence-corrected chi connectivity index (χ2v) is 5.87. The molecule has 0 heterocycles. The molecule has 0 unspecified atom stereocenters. The molecule has 0 fully saturated rings. The fourth-order valence-corrected chi connectivity index (χ4v) is 1.82. The molecule has 6 heteroatoms. The standard InChI is InChI=1S/C17H28N4O.HI/c1-6-18-17(19-11-13(2)3)20-12-14-7-9-15(10-8-14)16(22)21(4)5;/h7-10,13H,6,11-12H2,1-5H3,(H2,18,19,20);1H. The minimum absolute atomic E-state index is 0. The molecule has 0 aromatic heterocycles. The van der Waals surface area contributed by atoms with Gasteiger partial charge in [0.05, 0.1) is 6.54 Å². The van der Waals surface area contributed by atoms with Gasteiger partial charge in [0.2, 0.25) is 0 Å². The first-order valence-electron chi connectivity index (χ1n) is 7.76. The molecule has 0 aliphatic rings. The Hall–Kier alpha value is -1.31. The SMILES string of the molecule is CCNC(=NCc1ccc(C(=O)N(C)C)cc1)NCC(C)C.I. The van der Waals surface area contributed by atoms with E-state index in [1.165, 1.54) is 0 Å². The number of rotatable bonds is 6. The van der Waals surface area contributed by atoms with Crippen LogP contribution in [0.2, 0.25) is 0 Å². The highest BCUT2D eigenvalue weighted by atomic mass is 127. The van der Waals surface area contributed by atoms with Crippen LogP contribution < -0.4 is 10.6 Å². The van der Waals surface area contributed by atoms with Crippen molar-refractivity contribution >= 4 is 35.8 Å². The van der Waals surface area contributed by atoms with Gasteiger partial charge in [0, 0.05) is 32.7 Å². The summed E-state index contributed by atoms with van der Waals surface area (Å²) in [6, 6.07) is 7.60. The Labute approximate surface area is 157 Å². The number of amides is 1. The molecule has 23 heavy (non-hydrogen) atoms. The summed E-state index contributed by atoms with van der Waals surface area (Å²) in [4.78, 5) is 18.0. The first kappa shape index (κ1) is 21.7. The predicted octanol–water partition coefficient (Wildman–Crippen LogP) is 2.72. The lowest BCUT2D eigenvalue weighted by atomic mass is 10.1. The van der Waals surface area contributed by atoms with Gasteiger partial charge in [-0.3, -0.25) is 4.79 Å². The van der Waals surface area contributed by atoms with Gasteiger partial charge in [-0.15, -0.1) is 24.0 Å². The van der Waals surface area contributed by atoms with Crippen LogP contribution in [0.1, 0.15) is 36.7 Å². The lowest BCUT2D eigenvalue weighted by Gasteiger charge is -2.13. The Kier molecular flexibility index (Phi) is 10.6. The zero-order chi connectivity index (χ0) is 16.5. The van der Waals surface area contributed by atoms with Crippen LogP contribution in [-0.2, 0) is 6.54 Å². The van der Waals surface area contributed by atoms with Gasteiger partial charge in [-0.2, -0.15) is 0 Å². The molecule has 1 aromatic carbocycles. The lowest BCUT2D eigenvalue weighted by molar-refractivity contribution is 0.0827. The summed E-state index contributed by atoms with van der Waals surface area (Å²) < 4.78 is 0. The van der Waals surface area contributed by atoms with Crippen molar-refractivity contribution in [3.05, 3.63) is 35.4 Å². The molecule has 0 aliphatic carbocycles. The average molecular weight is 432 g/mol. The normalized spacial score (nSPS) is 11.0. The Morgan fingerprint density at radius 3 is 2.26 bits per heavy atom. The molecule has 2 N–H and O–H groups in total. The Morgan fingerprint density at radius 1 is 1.17 bits per heavy atom. The van der Waals surface area contributed by atoms with Crippen LogP contribution in [0.25, 0.3) is 0 Å². The highest BCUT2D eigenvalue weighted by Crippen LogP contribution is 2.07. The number of aliphatic imine (C=N–C) groups is 1. The van der Waals surface area contributed by atoms with Gasteiger partial charge < -0.3 is 15.5 Å². The minimum atomic E-state index is 0. The number of nitrogens with zero attached hydrogens (tertiary/aromatic N) is 2. The van der Waals surface area contributed by atoms with E-state index in [9.17, 15) is 4.79 Å². The van der Waals surface area contributed by atoms with Crippen LogP contribution in [0.3, 0.4) is 0 Å². The molecule has 130 valence electrons. The predicted molar refractivity (Wildman–Crippen MR) is 108 cm³/mol. The van der Waals surface area contributed by atoms with Gasteiger partial charge in [-0.05, 0) is 30.5 Å². The van der Waals surface area contributed by atoms with Gasteiger partial charge >= 0.3 is 0 Å². The van der Waals surface area contributed by atoms with Gasteiger partial charge in [-0.25, -0.2) is 4.99 Å². The fraction of sp³-hybridized carbons (Fsp3) is 0.529. The Bertz CT molecular complexity index is 498. The van der Waals surface area contributed by atoms with Gasteiger partial charge in [0.15, 0.2) is 5.96 Å². The van der Waals surface area contributed by atoms with Crippen LogP contribution >= 0.6 is 24.0 Å². The van der Waals surface area contributed by atoms with E-state index >= 15 is 0 Å². The van der Waals surface area contributed by atoms with E-state index in [4.69, 9.17) is 0 Å². The summed E-state index contributed by atoms with van der Waals surface area (Å²) in [5, 5.41) is 6.54. The smallest absolute Gasteiger partial charge is 0.253 e. The van der Waals surface area contributed by atoms with E-state index in [1.54, 1.807) is 19.0 Å². The monoisotopic (exact) mass is 432 g/mol. The second-order valence-electron chi connectivity index (χ2n) is 5.87. The summed E-state index contributed by atoms with van der Waals surface area (Å²) >= 11 is 0. The average Bonchev–Trinajstić information content (AvgIpc) is 2.49. The third kappa shape index (κ3) is 8.20. The molecule has 1 aromatic rings. The van der Waals surface area contributed by atoms with Crippen LogP contribution in [0.5, 0.6) is 0 Å². The van der Waals surface area contributed by atoms with Crippen molar-refractivity contribution in [3.63, 3.8) is 0 Å². The van der Waals surface area contributed by atoms with Crippen molar-refractivity contribution in [3.8, 4) is 0 Å². The number of hydrogen-bond donors (Lipinski definition) is 2. The summed E-state index contributed by atoms with van der Waals surface area (Å²) in [7, 11) is 3.51. The maximum Gasteiger partial charge on any atom is 0.253 e. The number of benzene rings is 1. The van der Waals surface area contributed by atoms with Crippen molar-refractivity contribution in [2.75, 3.05) is 27.2 Å². The topological polar surface area (TPSA) is 56.7 Å². The van der Waals surface area contributed by atoms with E-state index in [0.717, 1.165) is 24.6 Å². The van der Waals surface area contributed by atoms with E-state index < -0.39 is 0 Å². The molecule has 0 bridgehead atoms. The van der Waals surface area contributed by atoms with Crippen molar-refractivity contribution in [1.82, 2.24) is 15.5 Å². The molecule has 0 atom stereocenters. The van der Waals surface area contributed by atoms with E-state index in [2.05, 4.69) is 29.5 Å². The minimum Gasteiger partial charge on any atom is -0.357 e. The number of nitrogens with one attached hydrogen (secondary N) is 2. The number of carbonyl (C=O) groups is 1. The Morgan fingerprint density at radius 2 is 1.78 bits per heavy atom. The molecule has 0 radical (unpaired) electrons. The molecule has 1 amide bonds. The fourth-order valence-electron chi connectivity index (χ4n) is 1.82. The van der Waals surface area contributed by atoms with Crippen LogP contribution in [0, 0.1) is 5.92 Å². The third-order valence-corrected chi connectivity index (χ3v) is 3.05. The van der Waals surface area contributed by atoms with Crippen molar-refractivity contribution < 1.29 is 4.79 Å². The summed E-state index contributed by atoms with van der Waals surface area (Å²) in [6.45, 7) is 8.69. The number of hydrogen-bond acceptors (Lipinski definition) is 2.